The van der Waals surface area contributed by atoms with Crippen molar-refractivity contribution in [2.45, 2.75) is 31.7 Å². The van der Waals surface area contributed by atoms with Crippen LogP contribution in [-0.2, 0) is 4.79 Å². The number of carbonyl (C=O) groups excluding carboxylic acids is 1. The summed E-state index contributed by atoms with van der Waals surface area (Å²) < 4.78 is 12.9. The number of carbonyl (C=O) groups is 1. The van der Waals surface area contributed by atoms with Gasteiger partial charge in [-0.25, -0.2) is 0 Å². The molecule has 10 nitrogen and oxygen atoms in total. The quantitative estimate of drug-likeness (QED) is 0.509. The van der Waals surface area contributed by atoms with Crippen molar-refractivity contribution in [2.24, 2.45) is 0 Å². The van der Waals surface area contributed by atoms with E-state index in [1.165, 1.54) is 5.56 Å². The summed E-state index contributed by atoms with van der Waals surface area (Å²) in [5, 5.41) is 12.7. The van der Waals surface area contributed by atoms with Crippen LogP contribution in [0.3, 0.4) is 0 Å². The molecule has 3 aromatic rings. The molecule has 1 aromatic carbocycles. The number of rotatable bonds is 7. The van der Waals surface area contributed by atoms with E-state index in [1.54, 1.807) is 16.5 Å². The first-order valence-electron chi connectivity index (χ1n) is 12.3. The molecule has 0 aliphatic carbocycles. The van der Waals surface area contributed by atoms with Crippen LogP contribution < -0.4 is 14.4 Å². The lowest BCUT2D eigenvalue weighted by Gasteiger charge is -2.37. The third-order valence-corrected chi connectivity index (χ3v) is 7.22. The van der Waals surface area contributed by atoms with E-state index in [9.17, 15) is 4.79 Å². The molecule has 1 amide bonds. The van der Waals surface area contributed by atoms with Crippen molar-refractivity contribution in [1.82, 2.24) is 29.6 Å². The summed E-state index contributed by atoms with van der Waals surface area (Å²) in [7, 11) is 3.44. The van der Waals surface area contributed by atoms with E-state index in [1.807, 2.05) is 26.1 Å². The van der Waals surface area contributed by atoms with Crippen LogP contribution in [0.5, 0.6) is 11.8 Å². The molecule has 0 radical (unpaired) electrons. The van der Waals surface area contributed by atoms with Crippen LogP contribution in [-0.4, -0.2) is 95.0 Å². The second-order valence-corrected chi connectivity index (χ2v) is 9.30. The Hall–Kier alpha value is -3.40. The fourth-order valence-corrected chi connectivity index (χ4v) is 4.98. The smallest absolute Gasteiger partial charge is 0.338 e. The first kappa shape index (κ1) is 23.3. The van der Waals surface area contributed by atoms with Crippen LogP contribution in [0.4, 0.5) is 5.82 Å². The maximum Gasteiger partial charge on any atom is 0.338 e. The molecule has 10 heteroatoms. The predicted molar refractivity (Wildman–Crippen MR) is 132 cm³/mol. The highest BCUT2D eigenvalue weighted by Crippen LogP contribution is 2.31. The molecule has 0 spiro atoms. The Morgan fingerprint density at radius 1 is 1.00 bits per heavy atom. The van der Waals surface area contributed by atoms with Gasteiger partial charge in [0.2, 0.25) is 5.91 Å². The topological polar surface area (TPSA) is 88.3 Å². The van der Waals surface area contributed by atoms with Gasteiger partial charge in [0.15, 0.2) is 5.65 Å². The number of methoxy groups -OCH3 is 1. The zero-order valence-electron chi connectivity index (χ0n) is 20.6. The molecule has 35 heavy (non-hydrogen) atoms. The molecule has 4 heterocycles. The second-order valence-electron chi connectivity index (χ2n) is 9.30. The van der Waals surface area contributed by atoms with Crippen molar-refractivity contribution >= 4 is 17.4 Å². The van der Waals surface area contributed by atoms with E-state index in [0.717, 1.165) is 57.1 Å². The Morgan fingerprint density at radius 3 is 2.51 bits per heavy atom. The Labute approximate surface area is 205 Å². The molecule has 186 valence electrons. The molecule has 2 aliphatic rings. The third-order valence-electron chi connectivity index (χ3n) is 7.22. The first-order chi connectivity index (χ1) is 17.0. The third kappa shape index (κ3) is 4.88. The van der Waals surface area contributed by atoms with E-state index in [4.69, 9.17) is 9.47 Å². The van der Waals surface area contributed by atoms with Gasteiger partial charge in [0.1, 0.15) is 18.2 Å². The number of piperidine rings is 1. The number of ether oxygens (including phenoxy) is 2. The number of fused-ring (bicyclic) bond motifs is 1. The van der Waals surface area contributed by atoms with Crippen molar-refractivity contribution in [3.63, 3.8) is 0 Å². The number of benzene rings is 1. The summed E-state index contributed by atoms with van der Waals surface area (Å²) >= 11 is 0. The molecule has 0 bridgehead atoms. The monoisotopic (exact) mass is 479 g/mol. The Bertz CT molecular complexity index is 1160. The first-order valence-corrected chi connectivity index (χ1v) is 12.3. The van der Waals surface area contributed by atoms with Gasteiger partial charge in [0.05, 0.1) is 13.2 Å². The van der Waals surface area contributed by atoms with Gasteiger partial charge < -0.3 is 19.3 Å². The molecular formula is C25H33N7O3. The van der Waals surface area contributed by atoms with Crippen LogP contribution in [0.1, 0.15) is 31.2 Å². The summed E-state index contributed by atoms with van der Waals surface area (Å²) in [6, 6.07) is 12.7. The number of likely N-dealkylation sites (N-methyl/N-ethyl adjacent to an activating group) is 1. The molecule has 2 aliphatic heterocycles. The maximum atomic E-state index is 12.2. The minimum atomic E-state index is -0.0821. The second kappa shape index (κ2) is 10.1. The summed E-state index contributed by atoms with van der Waals surface area (Å²) in [5.74, 6) is 2.49. The zero-order valence-corrected chi connectivity index (χ0v) is 20.6. The van der Waals surface area contributed by atoms with E-state index >= 15 is 0 Å². The van der Waals surface area contributed by atoms with Gasteiger partial charge in [-0.3, -0.25) is 9.69 Å². The summed E-state index contributed by atoms with van der Waals surface area (Å²) in [6.45, 7) is 6.84. The van der Waals surface area contributed by atoms with E-state index in [2.05, 4.69) is 49.4 Å². The van der Waals surface area contributed by atoms with E-state index in [0.29, 0.717) is 24.2 Å². The van der Waals surface area contributed by atoms with Gasteiger partial charge in [0.25, 0.3) is 0 Å². The maximum absolute atomic E-state index is 12.2. The minimum absolute atomic E-state index is 0.0821. The minimum Gasteiger partial charge on any atom is -0.492 e. The van der Waals surface area contributed by atoms with Crippen LogP contribution in [0.15, 0.2) is 36.4 Å². The molecule has 2 aromatic heterocycles. The van der Waals surface area contributed by atoms with Crippen LogP contribution in [0, 0.1) is 0 Å². The van der Waals surface area contributed by atoms with Crippen LogP contribution in [0.2, 0.25) is 0 Å². The average molecular weight is 480 g/mol. The van der Waals surface area contributed by atoms with Crippen molar-refractivity contribution in [3.05, 3.63) is 42.0 Å². The van der Waals surface area contributed by atoms with Crippen molar-refractivity contribution in [3.8, 4) is 11.8 Å². The van der Waals surface area contributed by atoms with Gasteiger partial charge in [-0.05, 0) is 55.5 Å². The SMILES string of the molecule is COc1nnc2ccc(N3CCC(c4ccc(OCCN5CCN(C)C(=O)[C@@H]5C)cc4)CC3)nn12. The fourth-order valence-electron chi connectivity index (χ4n) is 4.98. The molecule has 1 atom stereocenters. The number of amides is 1. The number of piperazine rings is 1. The van der Waals surface area contributed by atoms with Gasteiger partial charge >= 0.3 is 6.01 Å². The van der Waals surface area contributed by atoms with E-state index < -0.39 is 0 Å². The highest BCUT2D eigenvalue weighted by Gasteiger charge is 2.29. The highest BCUT2D eigenvalue weighted by molar-refractivity contribution is 5.81. The molecular weight excluding hydrogens is 446 g/mol. The molecule has 2 fully saturated rings. The highest BCUT2D eigenvalue weighted by atomic mass is 16.5. The van der Waals surface area contributed by atoms with Crippen molar-refractivity contribution < 1.29 is 14.3 Å². The zero-order chi connectivity index (χ0) is 24.4. The summed E-state index contributed by atoms with van der Waals surface area (Å²) in [5.41, 5.74) is 2.02. The molecule has 5 rings (SSSR count). The lowest BCUT2D eigenvalue weighted by molar-refractivity contribution is -0.139. The lowest BCUT2D eigenvalue weighted by Crippen LogP contribution is -2.55. The molecule has 0 saturated carbocycles. The Morgan fingerprint density at radius 2 is 1.77 bits per heavy atom. The number of hydrogen-bond donors (Lipinski definition) is 0. The van der Waals surface area contributed by atoms with Crippen LogP contribution in [0.25, 0.3) is 5.65 Å². The van der Waals surface area contributed by atoms with Gasteiger partial charge in [-0.2, -0.15) is 4.52 Å². The number of aromatic nitrogens is 4. The number of hydrogen-bond acceptors (Lipinski definition) is 8. The Kier molecular flexibility index (Phi) is 6.72. The molecule has 0 N–H and O–H groups in total. The van der Waals surface area contributed by atoms with Gasteiger partial charge in [-0.15, -0.1) is 10.2 Å². The van der Waals surface area contributed by atoms with Crippen molar-refractivity contribution in [2.75, 3.05) is 58.4 Å². The number of nitrogens with zero attached hydrogens (tertiary/aromatic N) is 7. The van der Waals surface area contributed by atoms with Crippen LogP contribution >= 0.6 is 0 Å². The summed E-state index contributed by atoms with van der Waals surface area (Å²) in [6.07, 6.45) is 2.13. The molecule has 2 saturated heterocycles. The van der Waals surface area contributed by atoms with Gasteiger partial charge in [0, 0.05) is 39.8 Å². The lowest BCUT2D eigenvalue weighted by atomic mass is 9.89. The van der Waals surface area contributed by atoms with Crippen molar-refractivity contribution in [1.29, 1.82) is 0 Å². The largest absolute Gasteiger partial charge is 0.492 e. The number of anilines is 1. The van der Waals surface area contributed by atoms with Gasteiger partial charge in [-0.1, -0.05) is 17.2 Å². The van der Waals surface area contributed by atoms with E-state index in [-0.39, 0.29) is 11.9 Å². The predicted octanol–water partition coefficient (Wildman–Crippen LogP) is 2.06. The average Bonchev–Trinajstić information content (AvgIpc) is 3.31. The normalized spacial score (nSPS) is 20.0. The standard InChI is InChI=1S/C25H33N7O3/c1-18-24(33)29(2)14-15-30(18)16-17-35-21-6-4-19(5-7-21)20-10-12-31(13-11-20)23-9-8-22-26-27-25(34-3)32(22)28-23/h4-9,18,20H,10-17H2,1-3H3/t18-/m0/s1. The Balaban J connectivity index is 1.12. The molecule has 0 unspecified atom stereocenters. The fraction of sp³-hybridized carbons (Fsp3) is 0.520. The summed E-state index contributed by atoms with van der Waals surface area (Å²) in [4.78, 5) is 18.4.